The first-order valence-electron chi connectivity index (χ1n) is 11.3. The van der Waals surface area contributed by atoms with Crippen LogP contribution in [0.25, 0.3) is 0 Å². The largest absolute Gasteiger partial charge is 0.378 e. The Hall–Kier alpha value is -2.09. The first-order chi connectivity index (χ1) is 15.2. The van der Waals surface area contributed by atoms with Crippen molar-refractivity contribution in [1.82, 2.24) is 15.2 Å². The summed E-state index contributed by atoms with van der Waals surface area (Å²) in [5.41, 5.74) is 0.725. The highest BCUT2D eigenvalue weighted by Gasteiger charge is 2.40. The number of anilines is 1. The van der Waals surface area contributed by atoms with Gasteiger partial charge in [0.05, 0.1) is 13.2 Å². The number of morpholine rings is 1. The number of pyridine rings is 1. The minimum Gasteiger partial charge on any atom is -0.378 e. The summed E-state index contributed by atoms with van der Waals surface area (Å²) in [6, 6.07) is 14.7. The molecule has 164 valence electrons. The number of carbonyl (C=O) groups is 1. The molecule has 1 aromatic carbocycles. The number of benzene rings is 1. The minimum atomic E-state index is 0.0367. The number of amides is 1. The topological polar surface area (TPSA) is 57.7 Å². The van der Waals surface area contributed by atoms with E-state index in [2.05, 4.69) is 34.2 Å². The summed E-state index contributed by atoms with van der Waals surface area (Å²) in [7, 11) is 0. The van der Waals surface area contributed by atoms with E-state index in [1.165, 1.54) is 25.9 Å². The van der Waals surface area contributed by atoms with Crippen molar-refractivity contribution in [3.8, 4) is 0 Å². The number of nitrogens with zero attached hydrogens (tertiary/aromatic N) is 3. The van der Waals surface area contributed by atoms with Gasteiger partial charge in [0, 0.05) is 35.6 Å². The number of hydrogen-bond acceptors (Lipinski definition) is 6. The van der Waals surface area contributed by atoms with E-state index in [-0.39, 0.29) is 11.9 Å². The maximum absolute atomic E-state index is 12.9. The molecule has 0 unspecified atom stereocenters. The summed E-state index contributed by atoms with van der Waals surface area (Å²) in [5.74, 6) is 1.65. The summed E-state index contributed by atoms with van der Waals surface area (Å²) in [6.45, 7) is 7.85. The summed E-state index contributed by atoms with van der Waals surface area (Å²) in [6.07, 6.45) is 2.39. The fourth-order valence-electron chi connectivity index (χ4n) is 5.00. The number of ether oxygens (including phenoxy) is 1. The lowest BCUT2D eigenvalue weighted by molar-refractivity contribution is 0.0217. The number of piperidine rings is 3. The zero-order valence-electron chi connectivity index (χ0n) is 18.0. The molecule has 0 aliphatic carbocycles. The maximum Gasteiger partial charge on any atom is 0.251 e. The minimum absolute atomic E-state index is 0.0367. The monoisotopic (exact) mass is 438 g/mol. The van der Waals surface area contributed by atoms with Crippen molar-refractivity contribution < 1.29 is 9.53 Å². The van der Waals surface area contributed by atoms with E-state index in [4.69, 9.17) is 9.72 Å². The van der Waals surface area contributed by atoms with Gasteiger partial charge < -0.3 is 15.0 Å². The Kier molecular flexibility index (Phi) is 6.16. The molecule has 1 amide bonds. The van der Waals surface area contributed by atoms with Crippen molar-refractivity contribution in [3.63, 3.8) is 0 Å². The lowest BCUT2D eigenvalue weighted by Gasteiger charge is -2.49. The second kappa shape index (κ2) is 9.18. The van der Waals surface area contributed by atoms with Gasteiger partial charge in [-0.15, -0.1) is 0 Å². The van der Waals surface area contributed by atoms with Gasteiger partial charge in [0.1, 0.15) is 10.8 Å². The fraction of sp³-hybridized carbons (Fsp3) is 0.500. The Labute approximate surface area is 188 Å². The first-order valence-corrected chi connectivity index (χ1v) is 12.1. The lowest BCUT2D eigenvalue weighted by atomic mass is 9.79. The molecule has 2 aromatic rings. The normalized spacial score (nSPS) is 27.8. The van der Waals surface area contributed by atoms with Crippen LogP contribution in [0.5, 0.6) is 0 Å². The molecule has 1 aromatic heterocycles. The van der Waals surface area contributed by atoms with Gasteiger partial charge in [0.15, 0.2) is 0 Å². The molecule has 2 bridgehead atoms. The SMILES string of the molecule is C[C@H]1[C@H](NC(=O)c2ccc(Sc3cccc(N4CCOCC4)n3)cc2)C2CCN1CC2. The van der Waals surface area contributed by atoms with Crippen molar-refractivity contribution in [2.75, 3.05) is 44.3 Å². The fourth-order valence-corrected chi connectivity index (χ4v) is 5.80. The Morgan fingerprint density at radius 2 is 1.81 bits per heavy atom. The molecule has 4 saturated heterocycles. The summed E-state index contributed by atoms with van der Waals surface area (Å²) >= 11 is 1.62. The van der Waals surface area contributed by atoms with Crippen LogP contribution in [0, 0.1) is 5.92 Å². The zero-order chi connectivity index (χ0) is 21.2. The van der Waals surface area contributed by atoms with E-state index < -0.39 is 0 Å². The Morgan fingerprint density at radius 1 is 1.06 bits per heavy atom. The lowest BCUT2D eigenvalue weighted by Crippen LogP contribution is -2.62. The molecule has 31 heavy (non-hydrogen) atoms. The highest BCUT2D eigenvalue weighted by Crippen LogP contribution is 2.32. The van der Waals surface area contributed by atoms with Crippen LogP contribution in [-0.4, -0.2) is 67.3 Å². The molecular weight excluding hydrogens is 408 g/mol. The van der Waals surface area contributed by atoms with Gasteiger partial charge in [-0.3, -0.25) is 9.69 Å². The number of carbonyl (C=O) groups excluding carboxylic acids is 1. The van der Waals surface area contributed by atoms with Gasteiger partial charge in [0.2, 0.25) is 0 Å². The van der Waals surface area contributed by atoms with Gasteiger partial charge >= 0.3 is 0 Å². The van der Waals surface area contributed by atoms with Gasteiger partial charge in [-0.05, 0) is 75.2 Å². The summed E-state index contributed by atoms with van der Waals surface area (Å²) < 4.78 is 5.44. The molecular formula is C24H30N4O2S. The predicted molar refractivity (Wildman–Crippen MR) is 123 cm³/mol. The smallest absolute Gasteiger partial charge is 0.251 e. The molecule has 2 atom stereocenters. The third kappa shape index (κ3) is 4.59. The summed E-state index contributed by atoms with van der Waals surface area (Å²) in [5, 5.41) is 4.27. The Morgan fingerprint density at radius 3 is 2.52 bits per heavy atom. The molecule has 7 heteroatoms. The summed E-state index contributed by atoms with van der Waals surface area (Å²) in [4.78, 5) is 23.5. The number of nitrogens with one attached hydrogen (secondary N) is 1. The Balaban J connectivity index is 1.22. The third-order valence-corrected chi connectivity index (χ3v) is 7.80. The van der Waals surface area contributed by atoms with Gasteiger partial charge in [-0.25, -0.2) is 4.98 Å². The van der Waals surface area contributed by atoms with E-state index in [9.17, 15) is 4.79 Å². The van der Waals surface area contributed by atoms with E-state index in [0.29, 0.717) is 12.0 Å². The molecule has 6 rings (SSSR count). The number of rotatable bonds is 5. The Bertz CT molecular complexity index is 906. The second-order valence-corrected chi connectivity index (χ2v) is 9.77. The molecule has 4 fully saturated rings. The van der Waals surface area contributed by atoms with Gasteiger partial charge in [-0.2, -0.15) is 0 Å². The van der Waals surface area contributed by atoms with Crippen LogP contribution in [0.15, 0.2) is 52.4 Å². The quantitative estimate of drug-likeness (QED) is 0.773. The van der Waals surface area contributed by atoms with Gasteiger partial charge in [-0.1, -0.05) is 17.8 Å². The van der Waals surface area contributed by atoms with E-state index >= 15 is 0 Å². The molecule has 5 heterocycles. The molecule has 1 N–H and O–H groups in total. The second-order valence-electron chi connectivity index (χ2n) is 8.67. The van der Waals surface area contributed by atoms with Crippen molar-refractivity contribution in [2.45, 2.75) is 41.8 Å². The maximum atomic E-state index is 12.9. The van der Waals surface area contributed by atoms with Crippen molar-refractivity contribution >= 4 is 23.5 Å². The van der Waals surface area contributed by atoms with Crippen LogP contribution in [0.1, 0.15) is 30.1 Å². The standard InChI is InChI=1S/C24H30N4O2S/c1-17-23(18-9-11-27(17)12-10-18)26-24(29)19-5-7-20(8-6-19)31-22-4-2-3-21(25-22)28-13-15-30-16-14-28/h2-8,17-18,23H,9-16H2,1H3,(H,26,29)/t17-,23-/m0/s1. The van der Waals surface area contributed by atoms with E-state index in [1.54, 1.807) is 11.8 Å². The highest BCUT2D eigenvalue weighted by molar-refractivity contribution is 7.99. The average molecular weight is 439 g/mol. The average Bonchev–Trinajstić information content (AvgIpc) is 2.83. The zero-order valence-corrected chi connectivity index (χ0v) is 18.8. The molecule has 0 spiro atoms. The molecule has 0 radical (unpaired) electrons. The number of aromatic nitrogens is 1. The first kappa shape index (κ1) is 20.8. The van der Waals surface area contributed by atoms with Crippen LogP contribution in [0.4, 0.5) is 5.82 Å². The highest BCUT2D eigenvalue weighted by atomic mass is 32.2. The van der Waals surface area contributed by atoms with Crippen LogP contribution in [0.3, 0.4) is 0 Å². The third-order valence-electron chi connectivity index (χ3n) is 6.86. The van der Waals surface area contributed by atoms with Crippen molar-refractivity contribution in [1.29, 1.82) is 0 Å². The van der Waals surface area contributed by atoms with Crippen LogP contribution in [-0.2, 0) is 4.74 Å². The van der Waals surface area contributed by atoms with E-state index in [0.717, 1.165) is 47.6 Å². The van der Waals surface area contributed by atoms with Crippen molar-refractivity contribution in [2.24, 2.45) is 5.92 Å². The van der Waals surface area contributed by atoms with Crippen LogP contribution in [0.2, 0.25) is 0 Å². The molecule has 4 aliphatic heterocycles. The van der Waals surface area contributed by atoms with Crippen LogP contribution < -0.4 is 10.2 Å². The number of hydrogen-bond donors (Lipinski definition) is 1. The van der Waals surface area contributed by atoms with Crippen LogP contribution >= 0.6 is 11.8 Å². The molecule has 0 saturated carbocycles. The van der Waals surface area contributed by atoms with E-state index in [1.807, 2.05) is 30.3 Å². The molecule has 4 aliphatic rings. The predicted octanol–water partition coefficient (Wildman–Crippen LogP) is 3.28. The van der Waals surface area contributed by atoms with Crippen molar-refractivity contribution in [3.05, 3.63) is 48.0 Å². The molecule has 6 nitrogen and oxygen atoms in total. The number of fused-ring (bicyclic) bond motifs is 3. The van der Waals surface area contributed by atoms with Gasteiger partial charge in [0.25, 0.3) is 5.91 Å².